The number of nitrogens with one attached hydrogen (secondary N) is 3. The Balaban J connectivity index is 0.887. The molecule has 4 N–H and O–H groups in total. The Kier molecular flexibility index (Phi) is 12.3. The van der Waals surface area contributed by atoms with E-state index in [0.29, 0.717) is 12.3 Å². The molecule has 1 aromatic heterocycles. The first-order chi connectivity index (χ1) is 27.5. The lowest BCUT2D eigenvalue weighted by Crippen LogP contribution is -2.70. The van der Waals surface area contributed by atoms with Crippen LogP contribution in [-0.4, -0.2) is 100 Å². The van der Waals surface area contributed by atoms with Gasteiger partial charge < -0.3 is 40.2 Å². The summed E-state index contributed by atoms with van der Waals surface area (Å²) in [5.74, 6) is -1.40. The van der Waals surface area contributed by atoms with Crippen LogP contribution in [0.2, 0.25) is 0 Å². The molecule has 2 bridgehead atoms. The van der Waals surface area contributed by atoms with Gasteiger partial charge in [-0.15, -0.1) is 11.3 Å². The van der Waals surface area contributed by atoms with E-state index in [1.165, 1.54) is 4.90 Å². The molecular formula is C42H59N5O10S. The number of aliphatic hydroxyl groups is 1. The van der Waals surface area contributed by atoms with Crippen LogP contribution >= 0.6 is 11.3 Å². The number of hydrogen-bond acceptors (Lipinski definition) is 12. The third kappa shape index (κ3) is 8.50. The van der Waals surface area contributed by atoms with Crippen LogP contribution in [0.25, 0.3) is 10.4 Å². The predicted molar refractivity (Wildman–Crippen MR) is 212 cm³/mol. The second kappa shape index (κ2) is 16.8. The molecule has 1 saturated carbocycles. The summed E-state index contributed by atoms with van der Waals surface area (Å²) < 4.78 is 18.5. The molecule has 4 amide bonds. The van der Waals surface area contributed by atoms with Crippen LogP contribution in [0.4, 0.5) is 4.79 Å². The van der Waals surface area contributed by atoms with E-state index in [4.69, 9.17) is 24.0 Å². The number of amides is 4. The minimum Gasteiger partial charge on any atom is -0.449 e. The van der Waals surface area contributed by atoms with Crippen molar-refractivity contribution in [1.29, 1.82) is 0 Å². The number of aromatic nitrogens is 1. The zero-order valence-electron chi connectivity index (χ0n) is 34.6. The largest absolute Gasteiger partial charge is 0.449 e. The molecule has 1 aromatic carbocycles. The third-order valence-corrected chi connectivity index (χ3v) is 14.0. The number of hydrogen-bond donors (Lipinski definition) is 4. The summed E-state index contributed by atoms with van der Waals surface area (Å²) in [6.45, 7) is 13.5. The Morgan fingerprint density at radius 1 is 1.07 bits per heavy atom. The zero-order chi connectivity index (χ0) is 41.6. The lowest BCUT2D eigenvalue weighted by Gasteiger charge is -2.60. The van der Waals surface area contributed by atoms with Crippen molar-refractivity contribution < 1.29 is 48.3 Å². The van der Waals surface area contributed by atoms with Gasteiger partial charge in [-0.25, -0.2) is 19.6 Å². The van der Waals surface area contributed by atoms with Gasteiger partial charge in [0.2, 0.25) is 23.5 Å². The summed E-state index contributed by atoms with van der Waals surface area (Å²) >= 11 is 1.57. The van der Waals surface area contributed by atoms with Gasteiger partial charge in [0.25, 0.3) is 0 Å². The van der Waals surface area contributed by atoms with Crippen molar-refractivity contribution in [3.63, 3.8) is 0 Å². The highest BCUT2D eigenvalue weighted by Crippen LogP contribution is 2.60. The van der Waals surface area contributed by atoms with Crippen molar-refractivity contribution in [2.75, 3.05) is 19.7 Å². The molecule has 16 heteroatoms. The Labute approximate surface area is 344 Å². The summed E-state index contributed by atoms with van der Waals surface area (Å²) in [7, 11) is 0. The van der Waals surface area contributed by atoms with Gasteiger partial charge in [-0.2, -0.15) is 0 Å². The minimum atomic E-state index is -1.05. The van der Waals surface area contributed by atoms with Crippen LogP contribution in [0.5, 0.6) is 0 Å². The molecular weight excluding hydrogens is 767 g/mol. The number of thiazole rings is 1. The maximum absolute atomic E-state index is 14.0. The number of alkyl carbamates (subject to hydrolysis) is 1. The molecule has 8 rings (SSSR count). The average Bonchev–Trinajstić information content (AvgIpc) is 3.72. The molecule has 6 aliphatic rings. The number of nitrogens with zero attached hydrogens (tertiary/aromatic N) is 2. The molecule has 1 aliphatic carbocycles. The van der Waals surface area contributed by atoms with E-state index in [1.54, 1.807) is 37.6 Å². The van der Waals surface area contributed by atoms with Gasteiger partial charge >= 0.3 is 6.09 Å². The number of fused-ring (bicyclic) bond motifs is 2. The van der Waals surface area contributed by atoms with Gasteiger partial charge in [-0.05, 0) is 67.4 Å². The van der Waals surface area contributed by atoms with Crippen molar-refractivity contribution in [3.8, 4) is 10.4 Å². The molecule has 6 fully saturated rings. The number of carbonyl (C=O) groups is 4. The second-order valence-electron chi connectivity index (χ2n) is 18.2. The lowest BCUT2D eigenvalue weighted by molar-refractivity contribution is -0.571. The molecule has 15 nitrogen and oxygen atoms in total. The SMILES string of the molecule is Cc1ncsc1-c1ccc(CNC(=O)C2CC(O)CN2C(=O)C(NC(=O)CNC(=O)OCCC2OC3OC4(C)CCC5C(C)CCC(C2C)C35OO4)C(C)(C)C)cc1. The van der Waals surface area contributed by atoms with Gasteiger partial charge in [-0.1, -0.05) is 58.9 Å². The molecule has 0 radical (unpaired) electrons. The van der Waals surface area contributed by atoms with E-state index in [0.717, 1.165) is 47.4 Å². The maximum Gasteiger partial charge on any atom is 0.407 e. The maximum atomic E-state index is 14.0. The summed E-state index contributed by atoms with van der Waals surface area (Å²) in [5.41, 5.74) is 3.25. The van der Waals surface area contributed by atoms with E-state index in [-0.39, 0.29) is 50.0 Å². The minimum absolute atomic E-state index is 0.0510. The molecule has 58 heavy (non-hydrogen) atoms. The van der Waals surface area contributed by atoms with Crippen LogP contribution in [-0.2, 0) is 44.9 Å². The second-order valence-corrected chi connectivity index (χ2v) is 19.0. The van der Waals surface area contributed by atoms with Crippen molar-refractivity contribution in [3.05, 3.63) is 41.0 Å². The van der Waals surface area contributed by atoms with Gasteiger partial charge in [0.05, 0.1) is 34.9 Å². The van der Waals surface area contributed by atoms with E-state index in [1.807, 2.05) is 38.1 Å². The Morgan fingerprint density at radius 2 is 1.83 bits per heavy atom. The number of carbonyl (C=O) groups excluding carboxylic acids is 4. The Hall–Kier alpha value is -3.67. The monoisotopic (exact) mass is 825 g/mol. The lowest BCUT2D eigenvalue weighted by atomic mass is 9.57. The first-order valence-electron chi connectivity index (χ1n) is 20.6. The highest BCUT2D eigenvalue weighted by atomic mass is 32.1. The topological polar surface area (TPSA) is 187 Å². The number of benzene rings is 1. The first-order valence-corrected chi connectivity index (χ1v) is 21.5. The van der Waals surface area contributed by atoms with Gasteiger partial charge in [0, 0.05) is 38.3 Å². The summed E-state index contributed by atoms with van der Waals surface area (Å²) in [6.07, 6.45) is 1.72. The quantitative estimate of drug-likeness (QED) is 0.232. The molecule has 11 unspecified atom stereocenters. The average molecular weight is 826 g/mol. The number of aliphatic hydroxyl groups excluding tert-OH is 1. The van der Waals surface area contributed by atoms with E-state index in [2.05, 4.69) is 34.8 Å². The number of rotatable bonds is 11. The highest BCUT2D eigenvalue weighted by molar-refractivity contribution is 7.13. The summed E-state index contributed by atoms with van der Waals surface area (Å²) in [4.78, 5) is 72.2. The molecule has 5 aliphatic heterocycles. The number of likely N-dealkylation sites (tertiary alicyclic amines) is 1. The molecule has 5 saturated heterocycles. The smallest absolute Gasteiger partial charge is 0.407 e. The standard InChI is InChI=1S/C42H59N5O10S/c1-23-8-13-30-24(2)32(54-38-42(30)29(23)14-16-41(7,55-38)56-57-42)15-17-53-39(52)44-20-33(49)46-35(40(4,5)6)37(51)47-21-28(48)18-31(47)36(50)43-19-26-9-11-27(12-10-26)34-25(3)45-22-58-34/h9-12,22-24,28-32,35,38,48H,8,13-21H2,1-7H3,(H,43,50)(H,44,52)(H,46,49). The van der Waals surface area contributed by atoms with Crippen LogP contribution in [0.15, 0.2) is 29.8 Å². The van der Waals surface area contributed by atoms with Crippen molar-refractivity contribution in [2.45, 2.75) is 136 Å². The van der Waals surface area contributed by atoms with Gasteiger partial charge in [-0.3, -0.25) is 14.4 Å². The summed E-state index contributed by atoms with van der Waals surface area (Å²) in [5, 5.41) is 18.7. The number of aryl methyl sites for hydroxylation is 1. The molecule has 318 valence electrons. The summed E-state index contributed by atoms with van der Waals surface area (Å²) in [6, 6.07) is 5.86. The van der Waals surface area contributed by atoms with Crippen molar-refractivity contribution in [2.24, 2.45) is 29.1 Å². The normalized spacial score (nSPS) is 33.4. The van der Waals surface area contributed by atoms with Gasteiger partial charge in [0.1, 0.15) is 18.6 Å². The van der Waals surface area contributed by atoms with Crippen LogP contribution in [0.3, 0.4) is 0 Å². The van der Waals surface area contributed by atoms with E-state index in [9.17, 15) is 24.3 Å². The fourth-order valence-corrected chi connectivity index (χ4v) is 10.6. The zero-order valence-corrected chi connectivity index (χ0v) is 35.4. The number of ether oxygens (including phenoxy) is 3. The first kappa shape index (κ1) is 42.5. The van der Waals surface area contributed by atoms with Crippen LogP contribution in [0, 0.1) is 36.0 Å². The molecule has 2 aromatic rings. The predicted octanol–water partition coefficient (Wildman–Crippen LogP) is 4.59. The fourth-order valence-electron chi connectivity index (χ4n) is 9.77. The molecule has 11 atom stereocenters. The van der Waals surface area contributed by atoms with Crippen LogP contribution < -0.4 is 16.0 Å². The number of β-amino-alcohol motifs (C(OH)–C–C–N with tert-alkyl or cyclic N) is 1. The molecule has 6 heterocycles. The fraction of sp³-hybridized carbons (Fsp3) is 0.690. The Bertz CT molecular complexity index is 1840. The third-order valence-electron chi connectivity index (χ3n) is 13.0. The highest BCUT2D eigenvalue weighted by Gasteiger charge is 2.69. The van der Waals surface area contributed by atoms with E-state index >= 15 is 0 Å². The van der Waals surface area contributed by atoms with Gasteiger partial charge in [0.15, 0.2) is 11.9 Å². The Morgan fingerprint density at radius 3 is 2.53 bits per heavy atom. The van der Waals surface area contributed by atoms with Crippen molar-refractivity contribution >= 4 is 35.2 Å². The van der Waals surface area contributed by atoms with Crippen molar-refractivity contribution in [1.82, 2.24) is 25.8 Å². The van der Waals surface area contributed by atoms with Crippen LogP contribution in [0.1, 0.15) is 91.3 Å². The molecule has 1 spiro atoms. The van der Waals surface area contributed by atoms with E-state index < -0.39 is 71.6 Å².